The molecule has 0 bridgehead atoms. The molecule has 0 aliphatic carbocycles. The van der Waals surface area contributed by atoms with E-state index in [4.69, 9.17) is 0 Å². The number of aryl methyl sites for hydroxylation is 1. The molecule has 0 saturated carbocycles. The van der Waals surface area contributed by atoms with E-state index in [-0.39, 0.29) is 0 Å². The third kappa shape index (κ3) is 4.44. The second-order valence-electron chi connectivity index (χ2n) is 4.83. The normalized spacial score (nSPS) is 10.3. The van der Waals surface area contributed by atoms with Crippen molar-refractivity contribution in [3.05, 3.63) is 71.4 Å². The molecule has 0 aliphatic rings. The molecule has 5 heteroatoms. The van der Waals surface area contributed by atoms with Crippen molar-refractivity contribution in [1.82, 2.24) is 5.32 Å². The molecule has 2 N–H and O–H groups in total. The van der Waals surface area contributed by atoms with Crippen molar-refractivity contribution in [3.8, 4) is 0 Å². The predicted octanol–water partition coefficient (Wildman–Crippen LogP) is 3.57. The van der Waals surface area contributed by atoms with Gasteiger partial charge in [0.1, 0.15) is 0 Å². The fraction of sp³-hybridized carbons (Fsp3) is 0.111. The van der Waals surface area contributed by atoms with Gasteiger partial charge in [0.25, 0.3) is 0 Å². The molecule has 0 spiro atoms. The van der Waals surface area contributed by atoms with Gasteiger partial charge in [0.15, 0.2) is 0 Å². The lowest BCUT2D eigenvalue weighted by Gasteiger charge is -2.09. The first-order valence-electron chi connectivity index (χ1n) is 7.09. The van der Waals surface area contributed by atoms with Crippen LogP contribution in [0.15, 0.2) is 54.7 Å². The smallest absolute Gasteiger partial charge is 0.339 e. The second-order valence-corrected chi connectivity index (χ2v) is 4.83. The number of amides is 2. The number of carbonyl (C=O) groups is 2. The molecule has 2 aromatic rings. The average Bonchev–Trinajstić information content (AvgIpc) is 2.56. The van der Waals surface area contributed by atoms with Crippen LogP contribution in [0.4, 0.5) is 10.5 Å². The predicted molar refractivity (Wildman–Crippen MR) is 90.1 cm³/mol. The molecule has 0 radical (unpaired) electrons. The van der Waals surface area contributed by atoms with Crippen molar-refractivity contribution in [2.24, 2.45) is 0 Å². The Hall–Kier alpha value is -3.08. The lowest BCUT2D eigenvalue weighted by molar-refractivity contribution is 0.0602. The topological polar surface area (TPSA) is 67.4 Å². The maximum absolute atomic E-state index is 11.9. The number of nitrogens with one attached hydrogen (secondary N) is 2. The van der Waals surface area contributed by atoms with Crippen LogP contribution < -0.4 is 10.6 Å². The second kappa shape index (κ2) is 7.79. The van der Waals surface area contributed by atoms with E-state index < -0.39 is 12.0 Å². The van der Waals surface area contributed by atoms with E-state index in [2.05, 4.69) is 15.4 Å². The number of hydrogen-bond donors (Lipinski definition) is 2. The van der Waals surface area contributed by atoms with Crippen LogP contribution >= 0.6 is 0 Å². The summed E-state index contributed by atoms with van der Waals surface area (Å²) in [6.07, 6.45) is 3.36. The first kappa shape index (κ1) is 16.3. The van der Waals surface area contributed by atoms with Crippen LogP contribution in [0.25, 0.3) is 6.08 Å². The highest BCUT2D eigenvalue weighted by Crippen LogP contribution is 2.15. The first-order valence-corrected chi connectivity index (χ1v) is 7.09. The zero-order valence-electron chi connectivity index (χ0n) is 13.0. The Bertz CT molecular complexity index is 739. The molecule has 0 aliphatic heterocycles. The molecule has 0 unspecified atom stereocenters. The van der Waals surface area contributed by atoms with E-state index >= 15 is 0 Å². The van der Waals surface area contributed by atoms with E-state index in [0.717, 1.165) is 11.1 Å². The minimum absolute atomic E-state index is 0.299. The van der Waals surface area contributed by atoms with Gasteiger partial charge in [-0.25, -0.2) is 9.59 Å². The van der Waals surface area contributed by atoms with Crippen LogP contribution in [0.5, 0.6) is 0 Å². The number of methoxy groups -OCH3 is 1. The highest BCUT2D eigenvalue weighted by molar-refractivity contribution is 6.01. The van der Waals surface area contributed by atoms with E-state index in [1.54, 1.807) is 36.5 Å². The molecule has 5 nitrogen and oxygen atoms in total. The van der Waals surface area contributed by atoms with Crippen molar-refractivity contribution >= 4 is 23.8 Å². The van der Waals surface area contributed by atoms with Gasteiger partial charge in [-0.3, -0.25) is 0 Å². The number of ether oxygens (including phenoxy) is 1. The molecular weight excluding hydrogens is 292 g/mol. The summed E-state index contributed by atoms with van der Waals surface area (Å²) in [6, 6.07) is 14.0. The van der Waals surface area contributed by atoms with Crippen molar-refractivity contribution < 1.29 is 14.3 Å². The van der Waals surface area contributed by atoms with Gasteiger partial charge in [-0.05, 0) is 36.3 Å². The summed E-state index contributed by atoms with van der Waals surface area (Å²) >= 11 is 0. The van der Waals surface area contributed by atoms with Gasteiger partial charge < -0.3 is 15.4 Å². The number of para-hydroxylation sites is 1. The van der Waals surface area contributed by atoms with Crippen LogP contribution in [0.1, 0.15) is 21.5 Å². The zero-order chi connectivity index (χ0) is 16.7. The highest BCUT2D eigenvalue weighted by Gasteiger charge is 2.12. The Labute approximate surface area is 135 Å². The fourth-order valence-corrected chi connectivity index (χ4v) is 2.02. The van der Waals surface area contributed by atoms with Crippen LogP contribution in [0.3, 0.4) is 0 Å². The molecule has 0 aromatic heterocycles. The SMILES string of the molecule is COC(=O)c1ccccc1NC(=O)N/C=C/c1ccccc1C. The Morgan fingerprint density at radius 3 is 2.48 bits per heavy atom. The Kier molecular flexibility index (Phi) is 5.52. The van der Waals surface area contributed by atoms with Gasteiger partial charge in [-0.15, -0.1) is 0 Å². The molecular formula is C18H18N2O3. The maximum atomic E-state index is 11.9. The van der Waals surface area contributed by atoms with Crippen LogP contribution in [-0.4, -0.2) is 19.1 Å². The van der Waals surface area contributed by atoms with E-state index in [1.165, 1.54) is 7.11 Å². The number of hydrogen-bond acceptors (Lipinski definition) is 3. The molecule has 0 fully saturated rings. The van der Waals surface area contributed by atoms with Crippen LogP contribution in [0.2, 0.25) is 0 Å². The van der Waals surface area contributed by atoms with Crippen molar-refractivity contribution in [1.29, 1.82) is 0 Å². The van der Waals surface area contributed by atoms with Crippen molar-refractivity contribution in [2.45, 2.75) is 6.92 Å². The number of rotatable bonds is 4. The minimum atomic E-state index is -0.503. The summed E-state index contributed by atoms with van der Waals surface area (Å²) in [4.78, 5) is 23.6. The van der Waals surface area contributed by atoms with E-state index in [0.29, 0.717) is 11.3 Å². The van der Waals surface area contributed by atoms with Crippen molar-refractivity contribution in [3.63, 3.8) is 0 Å². The van der Waals surface area contributed by atoms with Gasteiger partial charge in [-0.2, -0.15) is 0 Å². The summed E-state index contributed by atoms with van der Waals surface area (Å²) in [7, 11) is 1.30. The van der Waals surface area contributed by atoms with Crippen molar-refractivity contribution in [2.75, 3.05) is 12.4 Å². The third-order valence-corrected chi connectivity index (χ3v) is 3.25. The van der Waals surface area contributed by atoms with E-state index in [1.807, 2.05) is 31.2 Å². The summed E-state index contributed by atoms with van der Waals surface area (Å²) in [5.74, 6) is -0.503. The van der Waals surface area contributed by atoms with Crippen LogP contribution in [-0.2, 0) is 4.74 Å². The Balaban J connectivity index is 2.01. The van der Waals surface area contributed by atoms with Gasteiger partial charge in [-0.1, -0.05) is 36.4 Å². The monoisotopic (exact) mass is 310 g/mol. The summed E-state index contributed by atoms with van der Waals surface area (Å²) in [5, 5.41) is 5.23. The average molecular weight is 310 g/mol. The van der Waals surface area contributed by atoms with Gasteiger partial charge in [0.2, 0.25) is 0 Å². The molecule has 2 aromatic carbocycles. The lowest BCUT2D eigenvalue weighted by Crippen LogP contribution is -2.25. The largest absolute Gasteiger partial charge is 0.465 e. The molecule has 23 heavy (non-hydrogen) atoms. The maximum Gasteiger partial charge on any atom is 0.339 e. The number of anilines is 1. The van der Waals surface area contributed by atoms with Gasteiger partial charge in [0, 0.05) is 6.20 Å². The summed E-state index contributed by atoms with van der Waals surface area (Å²) in [5.41, 5.74) is 2.82. The Morgan fingerprint density at radius 2 is 1.74 bits per heavy atom. The minimum Gasteiger partial charge on any atom is -0.465 e. The fourth-order valence-electron chi connectivity index (χ4n) is 2.02. The molecule has 0 saturated heterocycles. The number of esters is 1. The number of urea groups is 1. The number of benzene rings is 2. The van der Waals surface area contributed by atoms with Crippen LogP contribution in [0, 0.1) is 6.92 Å². The summed E-state index contributed by atoms with van der Waals surface area (Å²) in [6.45, 7) is 1.99. The molecule has 0 heterocycles. The van der Waals surface area contributed by atoms with Gasteiger partial charge in [0.05, 0.1) is 18.4 Å². The zero-order valence-corrected chi connectivity index (χ0v) is 13.0. The Morgan fingerprint density at radius 1 is 1.04 bits per heavy atom. The summed E-state index contributed by atoms with van der Waals surface area (Å²) < 4.78 is 4.69. The van der Waals surface area contributed by atoms with E-state index in [9.17, 15) is 9.59 Å². The number of carbonyl (C=O) groups excluding carboxylic acids is 2. The van der Waals surface area contributed by atoms with Gasteiger partial charge >= 0.3 is 12.0 Å². The molecule has 0 atom stereocenters. The quantitative estimate of drug-likeness (QED) is 0.848. The molecule has 118 valence electrons. The molecule has 2 rings (SSSR count). The molecule has 2 amide bonds. The first-order chi connectivity index (χ1) is 11.1. The highest BCUT2D eigenvalue weighted by atomic mass is 16.5. The third-order valence-electron chi connectivity index (χ3n) is 3.25. The standard InChI is InChI=1S/C18H18N2O3/c1-13-7-3-4-8-14(13)11-12-19-18(22)20-16-10-6-5-9-15(16)17(21)23-2/h3-12H,1-2H3,(H2,19,20,22)/b12-11+. The lowest BCUT2D eigenvalue weighted by atomic mass is 10.1.